The molecule has 0 fully saturated rings. The first-order valence-corrected chi connectivity index (χ1v) is 12.6. The van der Waals surface area contributed by atoms with Crippen LogP contribution in [0.1, 0.15) is 84.4 Å². The summed E-state index contributed by atoms with van der Waals surface area (Å²) in [5.74, 6) is 1.26. The topological polar surface area (TPSA) is 93.3 Å². The second-order valence-electron chi connectivity index (χ2n) is 8.38. The fourth-order valence-corrected chi connectivity index (χ4v) is 4.59. The number of carbonyl (C=O) groups is 1. The minimum Gasteiger partial charge on any atom is -0.493 e. The first kappa shape index (κ1) is 26.2. The van der Waals surface area contributed by atoms with Crippen LogP contribution < -0.4 is 15.7 Å². The van der Waals surface area contributed by atoms with Gasteiger partial charge in [0, 0.05) is 18.9 Å². The molecule has 1 amide bonds. The second kappa shape index (κ2) is 12.8. The molecule has 0 radical (unpaired) electrons. The van der Waals surface area contributed by atoms with Gasteiger partial charge in [0.2, 0.25) is 5.91 Å². The third-order valence-electron chi connectivity index (χ3n) is 5.48. The van der Waals surface area contributed by atoms with E-state index in [4.69, 9.17) is 9.15 Å². The molecule has 7 nitrogen and oxygen atoms in total. The monoisotopic (exact) mass is 463 g/mol. The van der Waals surface area contributed by atoms with Gasteiger partial charge >= 0.3 is 5.63 Å². The van der Waals surface area contributed by atoms with Crippen molar-refractivity contribution in [3.63, 3.8) is 0 Å². The van der Waals surface area contributed by atoms with E-state index < -0.39 is 17.2 Å². The predicted octanol–water partition coefficient (Wildman–Crippen LogP) is 4.94. The van der Waals surface area contributed by atoms with Crippen molar-refractivity contribution in [2.75, 3.05) is 19.4 Å². The van der Waals surface area contributed by atoms with Gasteiger partial charge in [0.05, 0.1) is 24.4 Å². The van der Waals surface area contributed by atoms with Crippen molar-refractivity contribution in [2.24, 2.45) is 9.98 Å². The summed E-state index contributed by atoms with van der Waals surface area (Å²) in [5.41, 5.74) is -0.538. The molecule has 2 rings (SSSR count). The van der Waals surface area contributed by atoms with Crippen LogP contribution in [-0.4, -0.2) is 41.6 Å². The van der Waals surface area contributed by atoms with Crippen molar-refractivity contribution in [1.82, 2.24) is 5.32 Å². The maximum absolute atomic E-state index is 13.1. The Balaban J connectivity index is 2.09. The van der Waals surface area contributed by atoms with Gasteiger partial charge in [-0.25, -0.2) is 4.79 Å². The lowest BCUT2D eigenvalue weighted by atomic mass is 10.0. The van der Waals surface area contributed by atoms with Crippen LogP contribution in [0.25, 0.3) is 0 Å². The van der Waals surface area contributed by atoms with Crippen molar-refractivity contribution in [2.45, 2.75) is 84.2 Å². The summed E-state index contributed by atoms with van der Waals surface area (Å²) >= 11 is 1.53. The molecule has 1 aliphatic heterocycles. The van der Waals surface area contributed by atoms with E-state index in [1.165, 1.54) is 37.1 Å². The van der Waals surface area contributed by atoms with Gasteiger partial charge in [-0.1, -0.05) is 46.0 Å². The third-order valence-corrected chi connectivity index (χ3v) is 6.84. The van der Waals surface area contributed by atoms with E-state index in [1.54, 1.807) is 13.1 Å². The molecule has 1 aromatic rings. The van der Waals surface area contributed by atoms with Crippen LogP contribution >= 0.6 is 11.8 Å². The smallest absolute Gasteiger partial charge is 0.339 e. The molecular weight excluding hydrogens is 426 g/mol. The Morgan fingerprint density at radius 1 is 1.28 bits per heavy atom. The number of ether oxygens (including phenoxy) is 1. The van der Waals surface area contributed by atoms with Crippen molar-refractivity contribution < 1.29 is 13.9 Å². The number of carbonyl (C=O) groups excluding carboxylic acids is 1. The number of nitrogens with zero attached hydrogens (tertiary/aromatic N) is 2. The highest BCUT2D eigenvalue weighted by Gasteiger charge is 2.39. The summed E-state index contributed by atoms with van der Waals surface area (Å²) in [4.78, 5) is 34.1. The van der Waals surface area contributed by atoms with E-state index in [-0.39, 0.29) is 5.91 Å². The number of aliphatic imine (C=N–C) groups is 2. The molecule has 1 unspecified atom stereocenters. The maximum atomic E-state index is 13.1. The predicted molar refractivity (Wildman–Crippen MR) is 132 cm³/mol. The highest BCUT2D eigenvalue weighted by molar-refractivity contribution is 8.16. The molecule has 1 aromatic heterocycles. The molecule has 0 bridgehead atoms. The van der Waals surface area contributed by atoms with Crippen LogP contribution in [0.15, 0.2) is 31.3 Å². The molecule has 0 aromatic carbocycles. The average Bonchev–Trinajstić information content (AvgIpc) is 3.18. The molecule has 1 N–H and O–H groups in total. The highest BCUT2D eigenvalue weighted by atomic mass is 32.2. The molecule has 2 atom stereocenters. The Bertz CT molecular complexity index is 880. The van der Waals surface area contributed by atoms with Gasteiger partial charge in [-0.2, -0.15) is 0 Å². The lowest BCUT2D eigenvalue weighted by molar-refractivity contribution is -0.125. The zero-order chi connectivity index (χ0) is 23.6. The fraction of sp³-hybridized carbons (Fsp3) is 0.667. The molecule has 178 valence electrons. The van der Waals surface area contributed by atoms with E-state index in [2.05, 4.69) is 22.2 Å². The van der Waals surface area contributed by atoms with Gasteiger partial charge in [-0.15, -0.1) is 11.8 Å². The normalized spacial score (nSPS) is 19.5. The summed E-state index contributed by atoms with van der Waals surface area (Å²) < 4.78 is 11.3. The zero-order valence-corrected chi connectivity index (χ0v) is 20.8. The van der Waals surface area contributed by atoms with Crippen LogP contribution in [0.3, 0.4) is 0 Å². The lowest BCUT2D eigenvalue weighted by Crippen LogP contribution is -2.45. The van der Waals surface area contributed by atoms with E-state index in [0.29, 0.717) is 30.3 Å². The van der Waals surface area contributed by atoms with E-state index in [1.807, 2.05) is 20.8 Å². The largest absolute Gasteiger partial charge is 0.493 e. The molecular formula is C24H37N3O4S. The van der Waals surface area contributed by atoms with E-state index in [0.717, 1.165) is 30.0 Å². The lowest BCUT2D eigenvalue weighted by Gasteiger charge is -2.24. The number of amides is 1. The minimum atomic E-state index is -0.884. The standard InChI is InChI=1S/C24H37N3O4S/c1-6-8-9-10-11-13-30-18-14-20(31-21(28)15-18)19(12-7-2)26-23(29)24(4)16-32-22(27-24)17(3)25-5/h14-15,19H,6-13,16H2,1-5H3,(H,26,29)/t19-,24?/m1/s1. The molecule has 8 heteroatoms. The van der Waals surface area contributed by atoms with Gasteiger partial charge in [-0.3, -0.25) is 14.8 Å². The third kappa shape index (κ3) is 7.50. The number of unbranched alkanes of at least 4 members (excludes halogenated alkanes) is 4. The van der Waals surface area contributed by atoms with Crippen LogP contribution in [0.4, 0.5) is 0 Å². The van der Waals surface area contributed by atoms with Gasteiger partial charge in [0.1, 0.15) is 22.1 Å². The SMILES string of the molecule is CCCCCCCOc1cc([C@@H](CCC)NC(=O)C2(C)CSC(C(C)=NC)=N2)oc(=O)c1. The number of hydrogen-bond donors (Lipinski definition) is 1. The Morgan fingerprint density at radius 2 is 2.03 bits per heavy atom. The van der Waals surface area contributed by atoms with Crippen molar-refractivity contribution in [3.8, 4) is 5.75 Å². The summed E-state index contributed by atoms with van der Waals surface area (Å²) in [6, 6.07) is 2.66. The van der Waals surface area contributed by atoms with Crippen molar-refractivity contribution in [1.29, 1.82) is 0 Å². The van der Waals surface area contributed by atoms with Gasteiger partial charge in [0.15, 0.2) is 0 Å². The molecule has 1 aliphatic rings. The summed E-state index contributed by atoms with van der Waals surface area (Å²) in [6.45, 7) is 8.48. The number of rotatable bonds is 13. The first-order chi connectivity index (χ1) is 15.3. The maximum Gasteiger partial charge on any atom is 0.339 e. The minimum absolute atomic E-state index is 0.188. The zero-order valence-electron chi connectivity index (χ0n) is 20.0. The van der Waals surface area contributed by atoms with Gasteiger partial charge in [-0.05, 0) is 26.7 Å². The van der Waals surface area contributed by atoms with Crippen LogP contribution in [0.5, 0.6) is 5.75 Å². The van der Waals surface area contributed by atoms with Crippen LogP contribution in [0, 0.1) is 0 Å². The quantitative estimate of drug-likeness (QED) is 0.330. The van der Waals surface area contributed by atoms with E-state index >= 15 is 0 Å². The molecule has 0 saturated heterocycles. The first-order valence-electron chi connectivity index (χ1n) is 11.6. The summed E-state index contributed by atoms with van der Waals surface area (Å²) in [7, 11) is 1.72. The Hall–Kier alpha value is -2.09. The average molecular weight is 464 g/mol. The Labute approximate surface area is 195 Å². The fourth-order valence-electron chi connectivity index (χ4n) is 3.41. The van der Waals surface area contributed by atoms with Crippen molar-refractivity contribution >= 4 is 28.4 Å². The highest BCUT2D eigenvalue weighted by Crippen LogP contribution is 2.30. The van der Waals surface area contributed by atoms with Gasteiger partial charge in [0.25, 0.3) is 0 Å². The van der Waals surface area contributed by atoms with Crippen LogP contribution in [0.2, 0.25) is 0 Å². The van der Waals surface area contributed by atoms with Crippen LogP contribution in [-0.2, 0) is 4.79 Å². The van der Waals surface area contributed by atoms with E-state index in [9.17, 15) is 9.59 Å². The van der Waals surface area contributed by atoms with Crippen molar-refractivity contribution in [3.05, 3.63) is 28.3 Å². The summed E-state index contributed by atoms with van der Waals surface area (Å²) in [5, 5.41) is 3.84. The molecule has 32 heavy (non-hydrogen) atoms. The molecule has 0 saturated carbocycles. The molecule has 0 spiro atoms. The number of hydrogen-bond acceptors (Lipinski definition) is 7. The number of nitrogens with one attached hydrogen (secondary N) is 1. The molecule has 0 aliphatic carbocycles. The second-order valence-corrected chi connectivity index (χ2v) is 9.34. The van der Waals surface area contributed by atoms with Gasteiger partial charge < -0.3 is 14.5 Å². The Morgan fingerprint density at radius 3 is 2.72 bits per heavy atom. The Kier molecular flexibility index (Phi) is 10.5. The molecule has 2 heterocycles. The summed E-state index contributed by atoms with van der Waals surface area (Å²) in [6.07, 6.45) is 7.13. The number of thioether (sulfide) groups is 1.